The van der Waals surface area contributed by atoms with Gasteiger partial charge in [-0.2, -0.15) is 5.10 Å². The van der Waals surface area contributed by atoms with E-state index in [0.717, 1.165) is 54.8 Å². The van der Waals surface area contributed by atoms with Gasteiger partial charge in [0.1, 0.15) is 39.3 Å². The van der Waals surface area contributed by atoms with E-state index in [4.69, 9.17) is 21.7 Å². The predicted molar refractivity (Wildman–Crippen MR) is 94.5 cm³/mol. The van der Waals surface area contributed by atoms with E-state index in [9.17, 15) is 0 Å². The van der Waals surface area contributed by atoms with E-state index in [1.54, 1.807) is 9.80 Å². The summed E-state index contributed by atoms with van der Waals surface area (Å²) in [5, 5.41) is 7.31. The minimum absolute atomic E-state index is 0.338. The van der Waals surface area contributed by atoms with Gasteiger partial charge in [0.25, 0.3) is 0 Å². The third kappa shape index (κ3) is 3.56. The number of H-pyrrole nitrogens is 1. The Kier molecular flexibility index (Phi) is 4.74. The van der Waals surface area contributed by atoms with Crippen LogP contribution in [0, 0.1) is 4.77 Å². The number of nitrogens with one attached hydrogen (secondary N) is 3. The summed E-state index contributed by atoms with van der Waals surface area (Å²) in [6.45, 7) is 9.95. The lowest BCUT2D eigenvalue weighted by Crippen LogP contribution is -3.27. The van der Waals surface area contributed by atoms with Crippen molar-refractivity contribution in [2.75, 3.05) is 33.0 Å². The van der Waals surface area contributed by atoms with Gasteiger partial charge in [-0.25, -0.2) is 0 Å². The lowest BCUT2D eigenvalue weighted by atomic mass is 10.1. The minimum Gasteiger partial charge on any atom is -0.454 e. The molecule has 0 aliphatic carbocycles. The fourth-order valence-corrected chi connectivity index (χ4v) is 3.97. The fraction of sp³-hybridized carbons (Fsp3) is 0.529. The number of aromatic nitrogens is 3. The van der Waals surface area contributed by atoms with E-state index in [1.165, 1.54) is 18.7 Å². The first-order chi connectivity index (χ1) is 12.2. The van der Waals surface area contributed by atoms with Gasteiger partial charge < -0.3 is 19.3 Å². The molecule has 25 heavy (non-hydrogen) atoms. The first-order valence-corrected chi connectivity index (χ1v) is 9.33. The predicted octanol–water partition coefficient (Wildman–Crippen LogP) is -0.827. The molecule has 1 saturated heterocycles. The topological polar surface area (TPSA) is 61.0 Å². The maximum atomic E-state index is 5.48. The van der Waals surface area contributed by atoms with E-state index >= 15 is 0 Å². The second kappa shape index (κ2) is 7.15. The summed E-state index contributed by atoms with van der Waals surface area (Å²) in [6.07, 6.45) is 0. The number of hydrogen-bond donors (Lipinski definition) is 3. The second-order valence-electron chi connectivity index (χ2n) is 6.73. The van der Waals surface area contributed by atoms with Gasteiger partial charge >= 0.3 is 0 Å². The molecule has 0 radical (unpaired) electrons. The molecule has 7 nitrogen and oxygen atoms in total. The molecule has 1 aromatic heterocycles. The smallest absolute Gasteiger partial charge is 0.231 e. The van der Waals surface area contributed by atoms with Crippen LogP contribution in [-0.4, -0.2) is 47.7 Å². The first-order valence-electron chi connectivity index (χ1n) is 8.92. The number of hydrogen-bond acceptors (Lipinski definition) is 4. The highest BCUT2D eigenvalue weighted by Crippen LogP contribution is 2.32. The van der Waals surface area contributed by atoms with Crippen LogP contribution in [0.15, 0.2) is 18.2 Å². The average molecular weight is 363 g/mol. The van der Waals surface area contributed by atoms with Crippen LogP contribution in [0.3, 0.4) is 0 Å². The summed E-state index contributed by atoms with van der Waals surface area (Å²) < 4.78 is 13.7. The molecule has 2 aliphatic heterocycles. The number of benzene rings is 1. The maximum absolute atomic E-state index is 5.48. The second-order valence-corrected chi connectivity index (χ2v) is 7.12. The van der Waals surface area contributed by atoms with Crippen LogP contribution in [0.4, 0.5) is 0 Å². The Morgan fingerprint density at radius 2 is 1.84 bits per heavy atom. The van der Waals surface area contributed by atoms with Crippen LogP contribution in [-0.2, 0) is 19.6 Å². The van der Waals surface area contributed by atoms with Gasteiger partial charge in [0.2, 0.25) is 6.79 Å². The van der Waals surface area contributed by atoms with E-state index in [0.29, 0.717) is 6.79 Å². The van der Waals surface area contributed by atoms with E-state index in [1.807, 2.05) is 6.07 Å². The Labute approximate surface area is 152 Å². The summed E-state index contributed by atoms with van der Waals surface area (Å²) in [5.74, 6) is 2.81. The molecule has 1 aromatic carbocycles. The van der Waals surface area contributed by atoms with Crippen molar-refractivity contribution in [3.05, 3.63) is 34.4 Å². The summed E-state index contributed by atoms with van der Waals surface area (Å²) >= 11 is 5.28. The van der Waals surface area contributed by atoms with Crippen molar-refractivity contribution < 1.29 is 19.3 Å². The number of quaternary nitrogens is 2. The van der Waals surface area contributed by atoms with Crippen LogP contribution in [0.2, 0.25) is 0 Å². The molecule has 1 fully saturated rings. The Balaban J connectivity index is 1.31. The van der Waals surface area contributed by atoms with E-state index in [-0.39, 0.29) is 0 Å². The molecular weight excluding hydrogens is 338 g/mol. The summed E-state index contributed by atoms with van der Waals surface area (Å²) in [4.78, 5) is 3.20. The lowest BCUT2D eigenvalue weighted by molar-refractivity contribution is -1.02. The SMILES string of the molecule is CCn1c(C[NH+]2CC[NH+](Cc3ccc4c(c3)OCO4)CC2)n[nH]c1=S. The van der Waals surface area contributed by atoms with Gasteiger partial charge in [0, 0.05) is 12.1 Å². The van der Waals surface area contributed by atoms with Gasteiger partial charge in [-0.05, 0) is 37.3 Å². The quantitative estimate of drug-likeness (QED) is 0.607. The molecule has 134 valence electrons. The number of aromatic amines is 1. The minimum atomic E-state index is 0.338. The van der Waals surface area contributed by atoms with Gasteiger partial charge in [-0.1, -0.05) is 0 Å². The Morgan fingerprint density at radius 3 is 2.60 bits per heavy atom. The highest BCUT2D eigenvalue weighted by Gasteiger charge is 2.25. The fourth-order valence-electron chi connectivity index (χ4n) is 3.69. The van der Waals surface area contributed by atoms with Crippen molar-refractivity contribution in [2.45, 2.75) is 26.6 Å². The van der Waals surface area contributed by atoms with E-state index < -0.39 is 0 Å². The van der Waals surface area contributed by atoms with Gasteiger partial charge in [-0.3, -0.25) is 9.67 Å². The Hall–Kier alpha value is -1.90. The molecular formula is C17H25N5O2S+2. The van der Waals surface area contributed by atoms with Crippen molar-refractivity contribution >= 4 is 12.2 Å². The molecule has 0 bridgehead atoms. The third-order valence-electron chi connectivity index (χ3n) is 5.12. The zero-order valence-corrected chi connectivity index (χ0v) is 15.3. The maximum Gasteiger partial charge on any atom is 0.231 e. The zero-order chi connectivity index (χ0) is 17.2. The Bertz CT molecular complexity index is 795. The molecule has 8 heteroatoms. The molecule has 3 heterocycles. The monoisotopic (exact) mass is 363 g/mol. The van der Waals surface area contributed by atoms with Crippen molar-refractivity contribution in [1.29, 1.82) is 0 Å². The molecule has 2 aliphatic rings. The number of fused-ring (bicyclic) bond motifs is 1. The van der Waals surface area contributed by atoms with Crippen molar-refractivity contribution in [1.82, 2.24) is 14.8 Å². The normalized spacial score (nSPS) is 22.3. The van der Waals surface area contributed by atoms with Crippen molar-refractivity contribution in [2.24, 2.45) is 0 Å². The van der Waals surface area contributed by atoms with Crippen LogP contribution in [0.5, 0.6) is 11.5 Å². The van der Waals surface area contributed by atoms with Crippen LogP contribution < -0.4 is 19.3 Å². The van der Waals surface area contributed by atoms with Crippen LogP contribution in [0.1, 0.15) is 18.3 Å². The molecule has 0 unspecified atom stereocenters. The summed E-state index contributed by atoms with van der Waals surface area (Å²) in [6, 6.07) is 6.29. The van der Waals surface area contributed by atoms with Crippen LogP contribution >= 0.6 is 12.2 Å². The number of rotatable bonds is 5. The molecule has 0 spiro atoms. The molecule has 0 amide bonds. The highest BCUT2D eigenvalue weighted by molar-refractivity contribution is 7.71. The van der Waals surface area contributed by atoms with E-state index in [2.05, 4.69) is 33.8 Å². The molecule has 0 atom stereocenters. The Morgan fingerprint density at radius 1 is 1.12 bits per heavy atom. The standard InChI is InChI=1S/C17H23N5O2S/c1-2-22-16(18-19-17(22)25)11-21-7-5-20(6-8-21)10-13-3-4-14-15(9-13)24-12-23-14/h3-4,9H,2,5-8,10-12H2,1H3,(H,19,25)/p+2. The first kappa shape index (κ1) is 16.6. The van der Waals surface area contributed by atoms with Gasteiger partial charge in [-0.15, -0.1) is 0 Å². The molecule has 2 aromatic rings. The molecule has 4 rings (SSSR count). The highest BCUT2D eigenvalue weighted by atomic mass is 32.1. The zero-order valence-electron chi connectivity index (χ0n) is 14.5. The van der Waals surface area contributed by atoms with Crippen LogP contribution in [0.25, 0.3) is 0 Å². The largest absolute Gasteiger partial charge is 0.454 e. The number of piperazine rings is 1. The third-order valence-corrected chi connectivity index (χ3v) is 5.43. The molecule has 0 saturated carbocycles. The lowest BCUT2D eigenvalue weighted by Gasteiger charge is -2.29. The van der Waals surface area contributed by atoms with Crippen molar-refractivity contribution in [3.63, 3.8) is 0 Å². The molecule has 3 N–H and O–H groups in total. The van der Waals surface area contributed by atoms with Gasteiger partial charge in [0.05, 0.1) is 0 Å². The number of nitrogens with zero attached hydrogens (tertiary/aromatic N) is 2. The van der Waals surface area contributed by atoms with Crippen molar-refractivity contribution in [3.8, 4) is 11.5 Å². The van der Waals surface area contributed by atoms with Gasteiger partial charge in [0.15, 0.2) is 22.1 Å². The number of ether oxygens (including phenoxy) is 2. The summed E-state index contributed by atoms with van der Waals surface area (Å²) in [5.41, 5.74) is 1.31. The summed E-state index contributed by atoms with van der Waals surface area (Å²) in [7, 11) is 0. The average Bonchev–Trinajstić information content (AvgIpc) is 3.22.